The van der Waals surface area contributed by atoms with Crippen LogP contribution in [0, 0.1) is 0 Å². The van der Waals surface area contributed by atoms with Gasteiger partial charge in [0.15, 0.2) is 5.65 Å². The van der Waals surface area contributed by atoms with Crippen LogP contribution in [0.25, 0.3) is 11.0 Å². The maximum Gasteiger partial charge on any atom is 0.160 e. The number of H-pyrrole nitrogens is 1. The molecule has 0 unspecified atom stereocenters. The summed E-state index contributed by atoms with van der Waals surface area (Å²) in [4.78, 5) is 10.7. The van der Waals surface area contributed by atoms with E-state index < -0.39 is 0 Å². The van der Waals surface area contributed by atoms with Gasteiger partial charge in [-0.25, -0.2) is 9.97 Å². The Morgan fingerprint density at radius 1 is 1.31 bits per heavy atom. The maximum atomic E-state index is 4.35. The van der Waals surface area contributed by atoms with Crippen LogP contribution in [0.2, 0.25) is 0 Å². The molecule has 16 heavy (non-hydrogen) atoms. The molecule has 2 aromatic heterocycles. The van der Waals surface area contributed by atoms with E-state index in [-0.39, 0.29) is 0 Å². The van der Waals surface area contributed by atoms with Gasteiger partial charge in [-0.2, -0.15) is 5.10 Å². The van der Waals surface area contributed by atoms with E-state index in [4.69, 9.17) is 0 Å². The molecule has 2 heterocycles. The molecular weight excluding hydrogens is 202 g/mol. The number of hydrogen-bond donors (Lipinski definition) is 1. The van der Waals surface area contributed by atoms with Crippen molar-refractivity contribution in [2.75, 3.05) is 11.9 Å². The number of rotatable bonds is 4. The Balaban J connectivity index is 2.42. The average molecular weight is 219 g/mol. The lowest BCUT2D eigenvalue weighted by Crippen LogP contribution is -2.31. The lowest BCUT2D eigenvalue weighted by molar-refractivity contribution is 0.588. The molecule has 0 fully saturated rings. The first-order valence-electron chi connectivity index (χ1n) is 5.64. The van der Waals surface area contributed by atoms with E-state index in [0.717, 1.165) is 29.7 Å². The fourth-order valence-corrected chi connectivity index (χ4v) is 2.04. The zero-order chi connectivity index (χ0) is 11.5. The fraction of sp³-hybridized carbons (Fsp3) is 0.545. The molecule has 5 nitrogen and oxygen atoms in total. The first-order chi connectivity index (χ1) is 7.77. The Morgan fingerprint density at radius 3 is 2.75 bits per heavy atom. The third-order valence-electron chi connectivity index (χ3n) is 3.05. The third-order valence-corrected chi connectivity index (χ3v) is 3.05. The predicted molar refractivity (Wildman–Crippen MR) is 64.5 cm³/mol. The standard InChI is InChI=1S/C11H17N5/c1-4-8(5-2)16(3)11-9-6-14-15-10(9)12-7-13-11/h6-8H,4-5H2,1-3H3,(H,12,13,14,15). The molecule has 0 bridgehead atoms. The second kappa shape index (κ2) is 4.47. The quantitative estimate of drug-likeness (QED) is 0.854. The van der Waals surface area contributed by atoms with Crippen molar-refractivity contribution in [3.63, 3.8) is 0 Å². The summed E-state index contributed by atoms with van der Waals surface area (Å²) in [6.45, 7) is 4.39. The smallest absolute Gasteiger partial charge is 0.160 e. The molecule has 0 spiro atoms. The number of hydrogen-bond acceptors (Lipinski definition) is 4. The van der Waals surface area contributed by atoms with Crippen molar-refractivity contribution in [3.8, 4) is 0 Å². The summed E-state index contributed by atoms with van der Waals surface area (Å²) in [6.07, 6.45) is 5.57. The van der Waals surface area contributed by atoms with E-state index in [9.17, 15) is 0 Å². The molecule has 0 aliphatic rings. The summed E-state index contributed by atoms with van der Waals surface area (Å²) in [5.74, 6) is 0.951. The van der Waals surface area contributed by atoms with E-state index >= 15 is 0 Å². The average Bonchev–Trinajstić information content (AvgIpc) is 2.78. The number of aromatic nitrogens is 4. The van der Waals surface area contributed by atoms with Gasteiger partial charge in [-0.3, -0.25) is 5.10 Å². The minimum Gasteiger partial charge on any atom is -0.356 e. The molecule has 2 rings (SSSR count). The Kier molecular flexibility index (Phi) is 3.03. The van der Waals surface area contributed by atoms with Crippen LogP contribution in [-0.4, -0.2) is 33.3 Å². The molecule has 0 aliphatic carbocycles. The zero-order valence-corrected chi connectivity index (χ0v) is 9.94. The van der Waals surface area contributed by atoms with Gasteiger partial charge in [0.2, 0.25) is 0 Å². The van der Waals surface area contributed by atoms with E-state index in [0.29, 0.717) is 6.04 Å². The van der Waals surface area contributed by atoms with Crippen LogP contribution >= 0.6 is 0 Å². The van der Waals surface area contributed by atoms with Gasteiger partial charge in [0, 0.05) is 13.1 Å². The number of anilines is 1. The first kappa shape index (κ1) is 10.9. The van der Waals surface area contributed by atoms with Gasteiger partial charge in [-0.15, -0.1) is 0 Å². The first-order valence-corrected chi connectivity index (χ1v) is 5.64. The Bertz CT molecular complexity index is 460. The lowest BCUT2D eigenvalue weighted by atomic mass is 10.1. The summed E-state index contributed by atoms with van der Waals surface area (Å²) in [5.41, 5.74) is 0.794. The summed E-state index contributed by atoms with van der Waals surface area (Å²) < 4.78 is 0. The summed E-state index contributed by atoms with van der Waals surface area (Å²) in [6, 6.07) is 0.507. The molecule has 0 aromatic carbocycles. The van der Waals surface area contributed by atoms with Crippen LogP contribution in [0.15, 0.2) is 12.5 Å². The number of nitrogens with one attached hydrogen (secondary N) is 1. The van der Waals surface area contributed by atoms with Crippen LogP contribution < -0.4 is 4.90 Å². The molecule has 0 radical (unpaired) electrons. The van der Waals surface area contributed by atoms with Crippen LogP contribution in [0.5, 0.6) is 0 Å². The molecule has 0 atom stereocenters. The molecule has 0 amide bonds. The lowest BCUT2D eigenvalue weighted by Gasteiger charge is -2.27. The molecule has 1 N–H and O–H groups in total. The second-order valence-electron chi connectivity index (χ2n) is 3.91. The van der Waals surface area contributed by atoms with Crippen molar-refractivity contribution >= 4 is 16.9 Å². The van der Waals surface area contributed by atoms with Crippen molar-refractivity contribution in [1.82, 2.24) is 20.2 Å². The van der Waals surface area contributed by atoms with Crippen LogP contribution in [0.4, 0.5) is 5.82 Å². The van der Waals surface area contributed by atoms with Gasteiger partial charge in [-0.1, -0.05) is 13.8 Å². The minimum absolute atomic E-state index is 0.507. The van der Waals surface area contributed by atoms with E-state index in [1.807, 2.05) is 0 Å². The molecule has 86 valence electrons. The van der Waals surface area contributed by atoms with Crippen LogP contribution in [0.3, 0.4) is 0 Å². The monoisotopic (exact) mass is 219 g/mol. The highest BCUT2D eigenvalue weighted by Gasteiger charge is 2.15. The van der Waals surface area contributed by atoms with Crippen molar-refractivity contribution in [3.05, 3.63) is 12.5 Å². The van der Waals surface area contributed by atoms with Gasteiger partial charge in [-0.05, 0) is 12.8 Å². The third kappa shape index (κ3) is 1.73. The molecule has 0 saturated carbocycles. The van der Waals surface area contributed by atoms with Gasteiger partial charge < -0.3 is 4.90 Å². The van der Waals surface area contributed by atoms with Gasteiger partial charge in [0.1, 0.15) is 12.1 Å². The van der Waals surface area contributed by atoms with Gasteiger partial charge in [0.25, 0.3) is 0 Å². The fourth-order valence-electron chi connectivity index (χ4n) is 2.04. The number of aromatic amines is 1. The SMILES string of the molecule is CCC(CC)N(C)c1ncnc2[nH]ncc12. The van der Waals surface area contributed by atoms with Gasteiger partial charge in [0.05, 0.1) is 11.6 Å². The van der Waals surface area contributed by atoms with E-state index in [1.165, 1.54) is 0 Å². The van der Waals surface area contributed by atoms with E-state index in [2.05, 4.69) is 46.0 Å². The summed E-state index contributed by atoms with van der Waals surface area (Å²) >= 11 is 0. The Labute approximate surface area is 94.9 Å². The van der Waals surface area contributed by atoms with Crippen molar-refractivity contribution in [2.24, 2.45) is 0 Å². The highest BCUT2D eigenvalue weighted by molar-refractivity contribution is 5.86. The number of nitrogens with zero attached hydrogens (tertiary/aromatic N) is 4. The molecular formula is C11H17N5. The predicted octanol–water partition coefficient (Wildman–Crippen LogP) is 1.98. The van der Waals surface area contributed by atoms with E-state index in [1.54, 1.807) is 12.5 Å². The normalized spacial score (nSPS) is 11.2. The highest BCUT2D eigenvalue weighted by atomic mass is 15.2. The Hall–Kier alpha value is -1.65. The maximum absolute atomic E-state index is 4.35. The number of fused-ring (bicyclic) bond motifs is 1. The van der Waals surface area contributed by atoms with Crippen molar-refractivity contribution in [1.29, 1.82) is 0 Å². The Morgan fingerprint density at radius 2 is 2.06 bits per heavy atom. The minimum atomic E-state index is 0.507. The molecule has 0 saturated heterocycles. The van der Waals surface area contributed by atoms with Crippen LogP contribution in [-0.2, 0) is 0 Å². The highest BCUT2D eigenvalue weighted by Crippen LogP contribution is 2.23. The van der Waals surface area contributed by atoms with Crippen molar-refractivity contribution in [2.45, 2.75) is 32.7 Å². The second-order valence-corrected chi connectivity index (χ2v) is 3.91. The largest absolute Gasteiger partial charge is 0.356 e. The van der Waals surface area contributed by atoms with Crippen LogP contribution in [0.1, 0.15) is 26.7 Å². The van der Waals surface area contributed by atoms with Crippen molar-refractivity contribution < 1.29 is 0 Å². The molecule has 5 heteroatoms. The van der Waals surface area contributed by atoms with Gasteiger partial charge >= 0.3 is 0 Å². The molecule has 2 aromatic rings. The summed E-state index contributed by atoms with van der Waals surface area (Å²) in [5, 5.41) is 7.85. The zero-order valence-electron chi connectivity index (χ0n) is 9.94. The molecule has 0 aliphatic heterocycles. The topological polar surface area (TPSA) is 57.7 Å². The summed E-state index contributed by atoms with van der Waals surface area (Å²) in [7, 11) is 2.08.